The van der Waals surface area contributed by atoms with Gasteiger partial charge in [-0.3, -0.25) is 9.69 Å². The first kappa shape index (κ1) is 19.1. The van der Waals surface area contributed by atoms with Gasteiger partial charge in [0.15, 0.2) is 0 Å². The zero-order valence-electron chi connectivity index (χ0n) is 15.0. The summed E-state index contributed by atoms with van der Waals surface area (Å²) in [4.78, 5) is 14.5. The predicted molar refractivity (Wildman–Crippen MR) is 99.8 cm³/mol. The van der Waals surface area contributed by atoms with Gasteiger partial charge in [-0.05, 0) is 42.8 Å². The number of halogens is 1. The second-order valence-electron chi connectivity index (χ2n) is 6.08. The van der Waals surface area contributed by atoms with Crippen LogP contribution in [0.2, 0.25) is 0 Å². The topological polar surface area (TPSA) is 32.3 Å². The minimum Gasteiger partial charge on any atom is -0.354 e. The molecule has 0 bridgehead atoms. The molecule has 1 unspecified atom stereocenters. The van der Waals surface area contributed by atoms with E-state index in [4.69, 9.17) is 0 Å². The van der Waals surface area contributed by atoms with E-state index in [1.54, 1.807) is 6.07 Å². The van der Waals surface area contributed by atoms with Crippen LogP contribution in [0.1, 0.15) is 37.4 Å². The number of amides is 1. The summed E-state index contributed by atoms with van der Waals surface area (Å²) in [6.45, 7) is 6.69. The Balaban J connectivity index is 1.92. The van der Waals surface area contributed by atoms with Gasteiger partial charge in [0, 0.05) is 13.0 Å². The Bertz CT molecular complexity index is 656. The number of hydrogen-bond acceptors (Lipinski definition) is 2. The van der Waals surface area contributed by atoms with Crippen molar-refractivity contribution in [3.05, 3.63) is 71.5 Å². The van der Waals surface area contributed by atoms with Gasteiger partial charge >= 0.3 is 0 Å². The second-order valence-corrected chi connectivity index (χ2v) is 6.08. The van der Waals surface area contributed by atoms with Crippen molar-refractivity contribution in [2.45, 2.75) is 32.7 Å². The number of carbonyl (C=O) groups is 1. The minimum absolute atomic E-state index is 0.00246. The van der Waals surface area contributed by atoms with E-state index in [9.17, 15) is 9.18 Å². The van der Waals surface area contributed by atoms with Gasteiger partial charge in [0.2, 0.25) is 5.91 Å². The highest BCUT2D eigenvalue weighted by atomic mass is 19.1. The fourth-order valence-electron chi connectivity index (χ4n) is 3.05. The van der Waals surface area contributed by atoms with Gasteiger partial charge in [-0.2, -0.15) is 0 Å². The molecular weight excluding hydrogens is 315 g/mol. The van der Waals surface area contributed by atoms with Crippen molar-refractivity contribution in [1.82, 2.24) is 10.2 Å². The average Bonchev–Trinajstić information content (AvgIpc) is 2.64. The standard InChI is InChI=1S/C21H27FN2O/c1-3-24(4-2)20(18-10-6-5-7-11-18)16-23-21(25)14-13-17-9-8-12-19(22)15-17/h5-12,15,20H,3-4,13-14,16H2,1-2H3,(H,23,25). The van der Waals surface area contributed by atoms with Crippen molar-refractivity contribution < 1.29 is 9.18 Å². The molecule has 0 heterocycles. The number of aryl methyl sites for hydroxylation is 1. The van der Waals surface area contributed by atoms with Crippen molar-refractivity contribution in [1.29, 1.82) is 0 Å². The van der Waals surface area contributed by atoms with Crippen molar-refractivity contribution in [2.24, 2.45) is 0 Å². The molecule has 2 aromatic carbocycles. The third-order valence-electron chi connectivity index (χ3n) is 4.46. The Morgan fingerprint density at radius 3 is 2.44 bits per heavy atom. The molecule has 3 nitrogen and oxygen atoms in total. The number of nitrogens with one attached hydrogen (secondary N) is 1. The molecule has 0 aliphatic rings. The van der Waals surface area contributed by atoms with E-state index < -0.39 is 0 Å². The Morgan fingerprint density at radius 2 is 1.80 bits per heavy atom. The first-order valence-corrected chi connectivity index (χ1v) is 8.94. The lowest BCUT2D eigenvalue weighted by Crippen LogP contribution is -2.38. The molecule has 1 amide bonds. The number of rotatable bonds is 9. The van der Waals surface area contributed by atoms with Gasteiger partial charge in [-0.15, -0.1) is 0 Å². The molecule has 1 atom stereocenters. The maximum absolute atomic E-state index is 13.2. The molecule has 0 aromatic heterocycles. The maximum atomic E-state index is 13.2. The summed E-state index contributed by atoms with van der Waals surface area (Å²) >= 11 is 0. The molecule has 1 N–H and O–H groups in total. The van der Waals surface area contributed by atoms with Crippen LogP contribution in [0.5, 0.6) is 0 Å². The average molecular weight is 342 g/mol. The number of likely N-dealkylation sites (N-methyl/N-ethyl adjacent to an activating group) is 1. The summed E-state index contributed by atoms with van der Waals surface area (Å²) in [5.41, 5.74) is 2.05. The molecule has 25 heavy (non-hydrogen) atoms. The van der Waals surface area contributed by atoms with Crippen LogP contribution in [0.15, 0.2) is 54.6 Å². The van der Waals surface area contributed by atoms with E-state index in [-0.39, 0.29) is 17.8 Å². The largest absolute Gasteiger partial charge is 0.354 e. The Morgan fingerprint density at radius 1 is 1.08 bits per heavy atom. The summed E-state index contributed by atoms with van der Waals surface area (Å²) in [6.07, 6.45) is 0.911. The molecule has 134 valence electrons. The Labute approximate surface area is 149 Å². The Kier molecular flexibility index (Phi) is 7.61. The van der Waals surface area contributed by atoms with Gasteiger partial charge in [-0.25, -0.2) is 4.39 Å². The van der Waals surface area contributed by atoms with Crippen LogP contribution in [0.4, 0.5) is 4.39 Å². The van der Waals surface area contributed by atoms with Crippen molar-refractivity contribution in [2.75, 3.05) is 19.6 Å². The molecule has 0 aliphatic carbocycles. The molecule has 0 spiro atoms. The van der Waals surface area contributed by atoms with Gasteiger partial charge < -0.3 is 5.32 Å². The van der Waals surface area contributed by atoms with Gasteiger partial charge in [-0.1, -0.05) is 56.3 Å². The highest BCUT2D eigenvalue weighted by Crippen LogP contribution is 2.19. The lowest BCUT2D eigenvalue weighted by molar-refractivity contribution is -0.121. The SMILES string of the molecule is CCN(CC)C(CNC(=O)CCc1cccc(F)c1)c1ccccc1. The normalized spacial score (nSPS) is 12.2. The molecule has 0 aliphatic heterocycles. The highest BCUT2D eigenvalue weighted by molar-refractivity contribution is 5.76. The lowest BCUT2D eigenvalue weighted by Gasteiger charge is -2.30. The van der Waals surface area contributed by atoms with E-state index in [1.807, 2.05) is 24.3 Å². The fourth-order valence-corrected chi connectivity index (χ4v) is 3.05. The van der Waals surface area contributed by atoms with Crippen molar-refractivity contribution >= 4 is 5.91 Å². The Hall–Kier alpha value is -2.20. The van der Waals surface area contributed by atoms with Gasteiger partial charge in [0.1, 0.15) is 5.82 Å². The van der Waals surface area contributed by atoms with Crippen LogP contribution in [0, 0.1) is 5.82 Å². The molecule has 0 saturated heterocycles. The summed E-state index contributed by atoms with van der Waals surface area (Å²) in [7, 11) is 0. The molecule has 2 aromatic rings. The zero-order chi connectivity index (χ0) is 18.1. The monoisotopic (exact) mass is 342 g/mol. The molecule has 0 fully saturated rings. The summed E-state index contributed by atoms with van der Waals surface area (Å²) in [5, 5.41) is 3.04. The first-order chi connectivity index (χ1) is 12.1. The summed E-state index contributed by atoms with van der Waals surface area (Å²) in [6, 6.07) is 16.8. The molecular formula is C21H27FN2O. The van der Waals surface area contributed by atoms with Crippen LogP contribution in [0.25, 0.3) is 0 Å². The lowest BCUT2D eigenvalue weighted by atomic mass is 10.0. The van der Waals surface area contributed by atoms with Crippen LogP contribution in [0.3, 0.4) is 0 Å². The minimum atomic E-state index is -0.261. The van der Waals surface area contributed by atoms with Crippen LogP contribution in [-0.4, -0.2) is 30.4 Å². The highest BCUT2D eigenvalue weighted by Gasteiger charge is 2.18. The quantitative estimate of drug-likeness (QED) is 0.748. The van der Waals surface area contributed by atoms with Crippen molar-refractivity contribution in [3.63, 3.8) is 0 Å². The predicted octanol–water partition coefficient (Wildman–Crippen LogP) is 3.96. The fraction of sp³-hybridized carbons (Fsp3) is 0.381. The molecule has 2 rings (SSSR count). The van der Waals surface area contributed by atoms with Gasteiger partial charge in [0.25, 0.3) is 0 Å². The van der Waals surface area contributed by atoms with Crippen LogP contribution >= 0.6 is 0 Å². The third kappa shape index (κ3) is 5.98. The third-order valence-corrected chi connectivity index (χ3v) is 4.46. The number of benzene rings is 2. The zero-order valence-corrected chi connectivity index (χ0v) is 15.0. The van der Waals surface area contributed by atoms with E-state index in [0.717, 1.165) is 18.7 Å². The van der Waals surface area contributed by atoms with E-state index in [1.165, 1.54) is 17.7 Å². The molecule has 0 saturated carbocycles. The summed E-state index contributed by atoms with van der Waals surface area (Å²) < 4.78 is 13.2. The van der Waals surface area contributed by atoms with Crippen molar-refractivity contribution in [3.8, 4) is 0 Å². The molecule has 0 radical (unpaired) electrons. The summed E-state index contributed by atoms with van der Waals surface area (Å²) in [5.74, 6) is -0.263. The number of hydrogen-bond donors (Lipinski definition) is 1. The number of carbonyl (C=O) groups excluding carboxylic acids is 1. The van der Waals surface area contributed by atoms with E-state index in [2.05, 4.69) is 36.2 Å². The second kappa shape index (κ2) is 9.94. The van der Waals surface area contributed by atoms with Crippen LogP contribution < -0.4 is 5.32 Å². The molecule has 4 heteroatoms. The van der Waals surface area contributed by atoms with Crippen LogP contribution in [-0.2, 0) is 11.2 Å². The van der Waals surface area contributed by atoms with E-state index in [0.29, 0.717) is 19.4 Å². The van der Waals surface area contributed by atoms with Gasteiger partial charge in [0.05, 0.1) is 6.04 Å². The first-order valence-electron chi connectivity index (χ1n) is 8.94. The van der Waals surface area contributed by atoms with E-state index >= 15 is 0 Å². The smallest absolute Gasteiger partial charge is 0.220 e. The number of nitrogens with zero attached hydrogens (tertiary/aromatic N) is 1. The maximum Gasteiger partial charge on any atom is 0.220 e.